The summed E-state index contributed by atoms with van der Waals surface area (Å²) in [7, 11) is 0. The van der Waals surface area contributed by atoms with Gasteiger partial charge in [0.1, 0.15) is 0 Å². The summed E-state index contributed by atoms with van der Waals surface area (Å²) in [6, 6.07) is 23.8. The van der Waals surface area contributed by atoms with Gasteiger partial charge in [-0.05, 0) is 120 Å². The number of hydrogen-bond donors (Lipinski definition) is 0. The smallest absolute Gasteiger partial charge is 0.0712 e. The number of pyridine rings is 1. The summed E-state index contributed by atoms with van der Waals surface area (Å²) in [4.78, 5) is 5.10. The molecule has 3 aromatic rings. The van der Waals surface area contributed by atoms with Crippen molar-refractivity contribution in [3.63, 3.8) is 0 Å². The van der Waals surface area contributed by atoms with E-state index in [2.05, 4.69) is 157 Å². The van der Waals surface area contributed by atoms with Crippen molar-refractivity contribution in [3.8, 4) is 22.3 Å². The van der Waals surface area contributed by atoms with Crippen molar-refractivity contribution in [3.05, 3.63) is 122 Å². The van der Waals surface area contributed by atoms with Crippen LogP contribution in [0.4, 0.5) is 0 Å². The van der Waals surface area contributed by atoms with E-state index in [-0.39, 0.29) is 0 Å². The maximum absolute atomic E-state index is 5.10. The minimum atomic E-state index is 0.517. The molecular weight excluding hydrogens is 640 g/mol. The normalized spacial score (nSPS) is 16.4. The van der Waals surface area contributed by atoms with Crippen LogP contribution in [0.3, 0.4) is 0 Å². The topological polar surface area (TPSA) is 12.9 Å². The molecule has 1 atom stereocenters. The lowest BCUT2D eigenvalue weighted by Gasteiger charge is -2.19. The van der Waals surface area contributed by atoms with Gasteiger partial charge in [-0.25, -0.2) is 4.98 Å². The van der Waals surface area contributed by atoms with E-state index in [9.17, 15) is 0 Å². The van der Waals surface area contributed by atoms with E-state index in [1.54, 1.807) is 0 Å². The predicted molar refractivity (Wildman–Crippen MR) is 165 cm³/mol. The molecule has 170 valence electrons. The first-order valence-electron chi connectivity index (χ1n) is 11.4. The van der Waals surface area contributed by atoms with Crippen molar-refractivity contribution in [1.29, 1.82) is 0 Å². The number of allylic oxidation sites excluding steroid dienone is 9. The third-order valence-electron chi connectivity index (χ3n) is 5.97. The number of hydrogen-bond acceptors (Lipinski definition) is 1. The quantitative estimate of drug-likeness (QED) is 0.188. The van der Waals surface area contributed by atoms with Crippen molar-refractivity contribution >= 4 is 56.3 Å². The third-order valence-corrected chi connectivity index (χ3v) is 7.75. The lowest BCUT2D eigenvalue weighted by Crippen LogP contribution is -2.04. The SMILES string of the molecule is C=C(I)/C=C\C(=C/C)c1cc(-c2ccc(-c3ccccc3)cc2)cc(C2=CC=C(I)[C@@H](C)C2)n1. The van der Waals surface area contributed by atoms with E-state index in [0.717, 1.165) is 27.0 Å². The fourth-order valence-electron chi connectivity index (χ4n) is 4.03. The Bertz CT molecular complexity index is 1310. The zero-order chi connectivity index (χ0) is 24.1. The summed E-state index contributed by atoms with van der Waals surface area (Å²) in [5.74, 6) is 0.517. The third kappa shape index (κ3) is 6.05. The predicted octanol–water partition coefficient (Wildman–Crippen LogP) is 10.1. The molecule has 1 aliphatic carbocycles. The molecule has 0 spiro atoms. The molecule has 1 aliphatic rings. The monoisotopic (exact) mass is 667 g/mol. The summed E-state index contributed by atoms with van der Waals surface area (Å²) < 4.78 is 2.39. The van der Waals surface area contributed by atoms with Crippen LogP contribution in [0.15, 0.2) is 111 Å². The lowest BCUT2D eigenvalue weighted by molar-refractivity contribution is 0.741. The van der Waals surface area contributed by atoms with Gasteiger partial charge in [0.15, 0.2) is 0 Å². The Labute approximate surface area is 230 Å². The Balaban J connectivity index is 1.79. The largest absolute Gasteiger partial charge is 0.248 e. The Hall–Kier alpha value is -2.25. The van der Waals surface area contributed by atoms with Crippen LogP contribution in [0.2, 0.25) is 0 Å². The molecule has 3 heteroatoms. The van der Waals surface area contributed by atoms with Gasteiger partial charge in [-0.15, -0.1) is 0 Å². The van der Waals surface area contributed by atoms with Crippen LogP contribution < -0.4 is 0 Å². The molecule has 0 bridgehead atoms. The summed E-state index contributed by atoms with van der Waals surface area (Å²) in [6.45, 7) is 8.34. The highest BCUT2D eigenvalue weighted by Crippen LogP contribution is 2.36. The van der Waals surface area contributed by atoms with E-state index in [1.165, 1.54) is 31.4 Å². The van der Waals surface area contributed by atoms with Crippen LogP contribution in [-0.4, -0.2) is 4.98 Å². The average molecular weight is 667 g/mol. The van der Waals surface area contributed by atoms with Crippen molar-refractivity contribution in [2.24, 2.45) is 5.92 Å². The van der Waals surface area contributed by atoms with Crippen LogP contribution in [0, 0.1) is 5.92 Å². The molecule has 0 radical (unpaired) electrons. The van der Waals surface area contributed by atoms with Crippen LogP contribution in [0.5, 0.6) is 0 Å². The minimum absolute atomic E-state index is 0.517. The maximum atomic E-state index is 5.10. The van der Waals surface area contributed by atoms with Crippen molar-refractivity contribution in [2.45, 2.75) is 20.3 Å². The van der Waals surface area contributed by atoms with Crippen LogP contribution >= 0.6 is 45.2 Å². The van der Waals surface area contributed by atoms with Gasteiger partial charge in [-0.1, -0.05) is 92.4 Å². The van der Waals surface area contributed by atoms with Gasteiger partial charge in [0, 0.05) is 3.58 Å². The van der Waals surface area contributed by atoms with Gasteiger partial charge in [-0.2, -0.15) is 0 Å². The summed E-state index contributed by atoms with van der Waals surface area (Å²) in [6.07, 6.45) is 11.7. The first kappa shape index (κ1) is 24.9. The van der Waals surface area contributed by atoms with Crippen LogP contribution in [0.25, 0.3) is 33.4 Å². The second-order valence-electron chi connectivity index (χ2n) is 8.44. The second-order valence-corrected chi connectivity index (χ2v) is 11.1. The summed E-state index contributed by atoms with van der Waals surface area (Å²) in [5, 5.41) is 0. The number of halogens is 2. The standard InChI is InChI=1S/C31H27I2N/c1-4-23(11-10-22(3)32)30-19-28(20-31(34-30)27-16-17-29(33)21(2)18-27)26-14-12-25(13-15-26)24-8-6-5-7-9-24/h4-17,19-21H,3,18H2,1-2H3/b11-10-,23-4+/t21-/m0/s1. The summed E-state index contributed by atoms with van der Waals surface area (Å²) >= 11 is 4.68. The molecule has 1 nitrogen and oxygen atoms in total. The van der Waals surface area contributed by atoms with E-state index in [1.807, 2.05) is 6.08 Å². The molecular formula is C31H27I2N. The average Bonchev–Trinajstić information content (AvgIpc) is 2.86. The Morgan fingerprint density at radius 1 is 0.912 bits per heavy atom. The van der Waals surface area contributed by atoms with Gasteiger partial charge < -0.3 is 0 Å². The van der Waals surface area contributed by atoms with E-state index < -0.39 is 0 Å². The summed E-state index contributed by atoms with van der Waals surface area (Å²) in [5.41, 5.74) is 9.23. The molecule has 0 N–H and O–H groups in total. The Morgan fingerprint density at radius 3 is 2.18 bits per heavy atom. The first-order valence-corrected chi connectivity index (χ1v) is 13.5. The highest BCUT2D eigenvalue weighted by Gasteiger charge is 2.17. The number of nitrogens with zero attached hydrogens (tertiary/aromatic N) is 1. The van der Waals surface area contributed by atoms with Crippen molar-refractivity contribution in [2.75, 3.05) is 0 Å². The minimum Gasteiger partial charge on any atom is -0.248 e. The molecule has 34 heavy (non-hydrogen) atoms. The molecule has 0 saturated heterocycles. The first-order chi connectivity index (χ1) is 16.4. The zero-order valence-electron chi connectivity index (χ0n) is 19.4. The molecule has 0 amide bonds. The van der Waals surface area contributed by atoms with Crippen molar-refractivity contribution < 1.29 is 0 Å². The molecule has 2 aromatic carbocycles. The zero-order valence-corrected chi connectivity index (χ0v) is 23.7. The molecule has 1 aromatic heterocycles. The van der Waals surface area contributed by atoms with Crippen LogP contribution in [-0.2, 0) is 0 Å². The van der Waals surface area contributed by atoms with E-state index in [4.69, 9.17) is 4.98 Å². The fraction of sp³-hybridized carbons (Fsp3) is 0.129. The molecule has 4 rings (SSSR count). The van der Waals surface area contributed by atoms with Gasteiger partial charge >= 0.3 is 0 Å². The second kappa shape index (κ2) is 11.5. The maximum Gasteiger partial charge on any atom is 0.0712 e. The van der Waals surface area contributed by atoms with Gasteiger partial charge in [0.2, 0.25) is 0 Å². The number of rotatable bonds is 6. The van der Waals surface area contributed by atoms with E-state index >= 15 is 0 Å². The molecule has 1 heterocycles. The molecule has 0 saturated carbocycles. The Kier molecular flexibility index (Phi) is 8.37. The van der Waals surface area contributed by atoms with Gasteiger partial charge in [-0.3, -0.25) is 0 Å². The van der Waals surface area contributed by atoms with Crippen LogP contribution in [0.1, 0.15) is 31.7 Å². The Morgan fingerprint density at radius 2 is 1.56 bits per heavy atom. The lowest BCUT2D eigenvalue weighted by atomic mass is 9.91. The van der Waals surface area contributed by atoms with Crippen molar-refractivity contribution in [1.82, 2.24) is 4.98 Å². The number of benzene rings is 2. The number of aromatic nitrogens is 1. The van der Waals surface area contributed by atoms with Gasteiger partial charge in [0.05, 0.1) is 11.4 Å². The highest BCUT2D eigenvalue weighted by atomic mass is 127. The molecule has 0 aliphatic heterocycles. The fourth-order valence-corrected chi connectivity index (χ4v) is 4.61. The van der Waals surface area contributed by atoms with Gasteiger partial charge in [0.25, 0.3) is 0 Å². The highest BCUT2D eigenvalue weighted by molar-refractivity contribution is 14.1. The van der Waals surface area contributed by atoms with E-state index in [0.29, 0.717) is 5.92 Å². The molecule has 0 fully saturated rings. The molecule has 0 unspecified atom stereocenters.